The number of rotatable bonds is 7. The zero-order valence-electron chi connectivity index (χ0n) is 25.6. The number of nitrogens with zero attached hydrogens (tertiary/aromatic N) is 3. The lowest BCUT2D eigenvalue weighted by Gasteiger charge is -2.37. The Morgan fingerprint density at radius 2 is 1.56 bits per heavy atom. The number of amides is 2. The van der Waals surface area contributed by atoms with Crippen molar-refractivity contribution in [2.75, 3.05) is 50.5 Å². The Balaban J connectivity index is 1.72. The Bertz CT molecular complexity index is 1200. The predicted molar refractivity (Wildman–Crippen MR) is 164 cm³/mol. The van der Waals surface area contributed by atoms with E-state index in [1.165, 1.54) is 0 Å². The first-order valence-corrected chi connectivity index (χ1v) is 14.4. The summed E-state index contributed by atoms with van der Waals surface area (Å²) in [6.45, 7) is 16.2. The number of nitrogens with two attached hydrogens (primary N) is 1. The van der Waals surface area contributed by atoms with Gasteiger partial charge >= 0.3 is 12.2 Å². The number of ether oxygens (including phenoxy) is 3. The second-order valence-electron chi connectivity index (χ2n) is 12.3. The zero-order chi connectivity index (χ0) is 30.5. The molecule has 1 saturated heterocycles. The molecule has 0 aliphatic carbocycles. The molecule has 2 aromatic carbocycles. The molecule has 0 radical (unpaired) electrons. The van der Waals surface area contributed by atoms with Crippen molar-refractivity contribution in [3.8, 4) is 5.75 Å². The van der Waals surface area contributed by atoms with Gasteiger partial charge in [0.1, 0.15) is 17.0 Å². The molecule has 9 nitrogen and oxygen atoms in total. The molecule has 2 amide bonds. The van der Waals surface area contributed by atoms with Gasteiger partial charge < -0.3 is 34.6 Å². The van der Waals surface area contributed by atoms with Crippen LogP contribution in [0, 0.1) is 0 Å². The minimum Gasteiger partial charge on any atom is -0.495 e. The highest BCUT2D eigenvalue weighted by Gasteiger charge is 2.28. The number of halogens is 1. The van der Waals surface area contributed by atoms with E-state index < -0.39 is 17.3 Å². The van der Waals surface area contributed by atoms with Crippen LogP contribution in [0.5, 0.6) is 5.75 Å². The summed E-state index contributed by atoms with van der Waals surface area (Å²) in [7, 11) is 1.56. The molecule has 0 aromatic heterocycles. The standard InChI is InChI=1S/C31H45ClN4O5/c1-21(22-9-11-24(12-10-22)34-15-17-35(18-16-34)28(37)40-30(2,3)4)36(29(38)41-31(5,6)7)14-13-23-19-27(39-8)26(33)20-25(23)32/h9-12,19-21H,13-18,33H2,1-8H3/t21-/m0/s1. The van der Waals surface area contributed by atoms with Crippen LogP contribution < -0.4 is 15.4 Å². The van der Waals surface area contributed by atoms with E-state index in [4.69, 9.17) is 31.5 Å². The van der Waals surface area contributed by atoms with Crippen molar-refractivity contribution in [1.29, 1.82) is 0 Å². The van der Waals surface area contributed by atoms with Gasteiger partial charge in [0.2, 0.25) is 0 Å². The van der Waals surface area contributed by atoms with Crippen molar-refractivity contribution < 1.29 is 23.8 Å². The number of carbonyl (C=O) groups is 2. The molecule has 3 rings (SSSR count). The summed E-state index contributed by atoms with van der Waals surface area (Å²) in [6.07, 6.45) is -0.174. The predicted octanol–water partition coefficient (Wildman–Crippen LogP) is 6.53. The topological polar surface area (TPSA) is 97.6 Å². The molecular formula is C31H45ClN4O5. The number of benzene rings is 2. The number of methoxy groups -OCH3 is 1. The van der Waals surface area contributed by atoms with Crippen LogP contribution in [-0.4, -0.2) is 73.0 Å². The van der Waals surface area contributed by atoms with Crippen LogP contribution in [0.1, 0.15) is 65.6 Å². The van der Waals surface area contributed by atoms with E-state index in [-0.39, 0.29) is 12.1 Å². The molecule has 0 saturated carbocycles. The van der Waals surface area contributed by atoms with Crippen LogP contribution in [0.2, 0.25) is 5.02 Å². The number of carbonyl (C=O) groups excluding carboxylic acids is 2. The van der Waals surface area contributed by atoms with Gasteiger partial charge in [-0.25, -0.2) is 9.59 Å². The van der Waals surface area contributed by atoms with Crippen molar-refractivity contribution in [3.05, 3.63) is 52.5 Å². The van der Waals surface area contributed by atoms with Gasteiger partial charge in [0.15, 0.2) is 0 Å². The summed E-state index contributed by atoms with van der Waals surface area (Å²) < 4.78 is 16.6. The third kappa shape index (κ3) is 9.08. The molecule has 0 unspecified atom stereocenters. The quantitative estimate of drug-likeness (QED) is 0.367. The first-order chi connectivity index (χ1) is 19.1. The highest BCUT2D eigenvalue weighted by Crippen LogP contribution is 2.31. The molecule has 0 spiro atoms. The lowest BCUT2D eigenvalue weighted by Crippen LogP contribution is -2.50. The van der Waals surface area contributed by atoms with Crippen molar-refractivity contribution in [2.24, 2.45) is 0 Å². The summed E-state index contributed by atoms with van der Waals surface area (Å²) in [5.74, 6) is 0.545. The molecule has 41 heavy (non-hydrogen) atoms. The lowest BCUT2D eigenvalue weighted by molar-refractivity contribution is 0.0174. The second-order valence-corrected chi connectivity index (χ2v) is 12.7. The fraction of sp³-hybridized carbons (Fsp3) is 0.548. The number of piperazine rings is 1. The molecular weight excluding hydrogens is 544 g/mol. The zero-order valence-corrected chi connectivity index (χ0v) is 26.4. The first-order valence-electron chi connectivity index (χ1n) is 14.0. The van der Waals surface area contributed by atoms with E-state index in [1.54, 1.807) is 23.0 Å². The van der Waals surface area contributed by atoms with Gasteiger partial charge in [-0.1, -0.05) is 23.7 Å². The van der Waals surface area contributed by atoms with Crippen LogP contribution in [-0.2, 0) is 15.9 Å². The van der Waals surface area contributed by atoms with Crippen LogP contribution in [0.15, 0.2) is 36.4 Å². The minimum absolute atomic E-state index is 0.252. The van der Waals surface area contributed by atoms with E-state index in [9.17, 15) is 9.59 Å². The minimum atomic E-state index is -0.636. The fourth-order valence-electron chi connectivity index (χ4n) is 4.60. The fourth-order valence-corrected chi connectivity index (χ4v) is 4.87. The van der Waals surface area contributed by atoms with Crippen molar-refractivity contribution >= 4 is 35.2 Å². The lowest BCUT2D eigenvalue weighted by atomic mass is 10.0. The van der Waals surface area contributed by atoms with E-state index in [0.29, 0.717) is 55.6 Å². The van der Waals surface area contributed by atoms with Gasteiger partial charge in [-0.15, -0.1) is 0 Å². The van der Waals surface area contributed by atoms with E-state index in [0.717, 1.165) is 16.8 Å². The molecule has 1 aliphatic heterocycles. The first kappa shape index (κ1) is 32.2. The van der Waals surface area contributed by atoms with Crippen LogP contribution in [0.4, 0.5) is 21.0 Å². The van der Waals surface area contributed by atoms with Gasteiger partial charge in [0.05, 0.1) is 18.8 Å². The molecule has 2 aromatic rings. The third-order valence-corrected chi connectivity index (χ3v) is 7.14. The van der Waals surface area contributed by atoms with Gasteiger partial charge in [-0.3, -0.25) is 0 Å². The largest absolute Gasteiger partial charge is 0.495 e. The summed E-state index contributed by atoms with van der Waals surface area (Å²) in [5.41, 5.74) is 8.18. The number of hydrogen-bond donors (Lipinski definition) is 1. The second kappa shape index (κ2) is 13.1. The van der Waals surface area contributed by atoms with E-state index in [2.05, 4.69) is 17.0 Å². The molecule has 1 fully saturated rings. The molecule has 2 N–H and O–H groups in total. The van der Waals surface area contributed by atoms with Gasteiger partial charge in [0.25, 0.3) is 0 Å². The highest BCUT2D eigenvalue weighted by atomic mass is 35.5. The molecule has 1 heterocycles. The van der Waals surface area contributed by atoms with E-state index in [1.807, 2.05) is 66.7 Å². The van der Waals surface area contributed by atoms with Crippen molar-refractivity contribution in [1.82, 2.24) is 9.80 Å². The smallest absolute Gasteiger partial charge is 0.410 e. The highest BCUT2D eigenvalue weighted by molar-refractivity contribution is 6.31. The monoisotopic (exact) mass is 588 g/mol. The average Bonchev–Trinajstić information content (AvgIpc) is 2.88. The molecule has 0 bridgehead atoms. The van der Waals surface area contributed by atoms with E-state index >= 15 is 0 Å². The Hall–Kier alpha value is -3.33. The van der Waals surface area contributed by atoms with Gasteiger partial charge in [-0.2, -0.15) is 0 Å². The number of hydrogen-bond acceptors (Lipinski definition) is 7. The summed E-state index contributed by atoms with van der Waals surface area (Å²) >= 11 is 6.47. The number of anilines is 2. The maximum atomic E-state index is 13.3. The summed E-state index contributed by atoms with van der Waals surface area (Å²) in [5, 5.41) is 0.524. The normalized spacial score (nSPS) is 14.9. The van der Waals surface area contributed by atoms with Crippen molar-refractivity contribution in [3.63, 3.8) is 0 Å². The Morgan fingerprint density at radius 1 is 0.976 bits per heavy atom. The summed E-state index contributed by atoms with van der Waals surface area (Å²) in [6, 6.07) is 11.4. The Labute approximate surface area is 249 Å². The molecule has 10 heteroatoms. The average molecular weight is 589 g/mol. The van der Waals surface area contributed by atoms with Crippen LogP contribution in [0.3, 0.4) is 0 Å². The number of nitrogen functional groups attached to an aromatic ring is 1. The Kier molecular flexibility index (Phi) is 10.3. The van der Waals surface area contributed by atoms with Crippen molar-refractivity contribution in [2.45, 2.75) is 72.1 Å². The maximum absolute atomic E-state index is 13.3. The summed E-state index contributed by atoms with van der Waals surface area (Å²) in [4.78, 5) is 31.5. The van der Waals surface area contributed by atoms with Gasteiger partial charge in [-0.05, 0) is 90.3 Å². The molecule has 226 valence electrons. The SMILES string of the molecule is COc1cc(CCN(C(=O)OC(C)(C)C)[C@@H](C)c2ccc(N3CCN(C(=O)OC(C)(C)C)CC3)cc2)c(Cl)cc1N. The van der Waals surface area contributed by atoms with Crippen LogP contribution in [0.25, 0.3) is 0 Å². The molecule has 1 aliphatic rings. The van der Waals surface area contributed by atoms with Gasteiger partial charge in [0, 0.05) is 43.4 Å². The van der Waals surface area contributed by atoms with Crippen LogP contribution >= 0.6 is 11.6 Å². The Morgan fingerprint density at radius 3 is 2.10 bits per heavy atom. The maximum Gasteiger partial charge on any atom is 0.410 e. The third-order valence-electron chi connectivity index (χ3n) is 6.79. The molecule has 1 atom stereocenters.